The Morgan fingerprint density at radius 1 is 1.05 bits per heavy atom. The molecule has 0 saturated heterocycles. The zero-order valence-corrected chi connectivity index (χ0v) is 11.9. The lowest BCUT2D eigenvalue weighted by molar-refractivity contribution is -0.111. The van der Waals surface area contributed by atoms with E-state index < -0.39 is 10.8 Å². The fourth-order valence-electron chi connectivity index (χ4n) is 1.59. The second-order valence-electron chi connectivity index (χ2n) is 4.34. The van der Waals surface area contributed by atoms with Crippen molar-refractivity contribution in [2.24, 2.45) is 0 Å². The van der Waals surface area contributed by atoms with E-state index in [-0.39, 0.29) is 11.5 Å². The van der Waals surface area contributed by atoms with E-state index in [1.807, 2.05) is 49.4 Å². The number of Topliss-reactive ketones (excluding diaryl/α,β-unsaturated/α-hetero) is 1. The van der Waals surface area contributed by atoms with Crippen LogP contribution in [-0.2, 0) is 15.6 Å². The molecule has 0 unspecified atom stereocenters. The Balaban J connectivity index is 2.00. The molecule has 1 atom stereocenters. The number of ketones is 1. The van der Waals surface area contributed by atoms with Gasteiger partial charge in [0, 0.05) is 10.5 Å². The Kier molecular flexibility index (Phi) is 4.86. The topological polar surface area (TPSA) is 34.1 Å². The molecule has 0 heterocycles. The van der Waals surface area contributed by atoms with Crippen LogP contribution in [0.25, 0.3) is 0 Å². The van der Waals surface area contributed by atoms with Gasteiger partial charge in [0.15, 0.2) is 0 Å². The van der Waals surface area contributed by atoms with Crippen molar-refractivity contribution in [3.05, 3.63) is 65.7 Å². The van der Waals surface area contributed by atoms with E-state index in [0.717, 1.165) is 11.1 Å². The van der Waals surface area contributed by atoms with E-state index in [1.54, 1.807) is 12.1 Å². The predicted molar refractivity (Wildman–Crippen MR) is 80.8 cm³/mol. The number of benzene rings is 2. The number of hydrogen-bond acceptors (Lipinski definition) is 2. The van der Waals surface area contributed by atoms with Gasteiger partial charge in [0.2, 0.25) is 5.78 Å². The van der Waals surface area contributed by atoms with Crippen LogP contribution in [0.5, 0.6) is 0 Å². The number of rotatable bonds is 3. The van der Waals surface area contributed by atoms with E-state index >= 15 is 0 Å². The van der Waals surface area contributed by atoms with Gasteiger partial charge in [-0.1, -0.05) is 41.8 Å². The summed E-state index contributed by atoms with van der Waals surface area (Å²) < 4.78 is 12.0. The molecule has 0 amide bonds. The van der Waals surface area contributed by atoms with Gasteiger partial charge in [-0.3, -0.25) is 9.00 Å². The largest absolute Gasteiger partial charge is 0.284 e. The van der Waals surface area contributed by atoms with E-state index in [4.69, 9.17) is 0 Å². The molecule has 0 N–H and O–H groups in total. The van der Waals surface area contributed by atoms with Crippen molar-refractivity contribution in [3.63, 3.8) is 0 Å². The van der Waals surface area contributed by atoms with Crippen LogP contribution < -0.4 is 0 Å². The summed E-state index contributed by atoms with van der Waals surface area (Å²) in [4.78, 5) is 12.4. The molecule has 0 aliphatic carbocycles. The van der Waals surface area contributed by atoms with Gasteiger partial charge in [-0.25, -0.2) is 0 Å². The average molecular weight is 282 g/mol. The lowest BCUT2D eigenvalue weighted by Crippen LogP contribution is -2.08. The van der Waals surface area contributed by atoms with E-state index in [1.165, 1.54) is 0 Å². The SMILES string of the molecule is Cc1ccc([S@](=O)CC(=O)C#Cc2ccccc2)cc1. The zero-order valence-electron chi connectivity index (χ0n) is 11.1. The summed E-state index contributed by atoms with van der Waals surface area (Å²) in [5.41, 5.74) is 1.88. The van der Waals surface area contributed by atoms with Crippen molar-refractivity contribution in [2.45, 2.75) is 11.8 Å². The third-order valence-electron chi connectivity index (χ3n) is 2.67. The van der Waals surface area contributed by atoms with Crippen LogP contribution >= 0.6 is 0 Å². The van der Waals surface area contributed by atoms with Crippen LogP contribution in [0.15, 0.2) is 59.5 Å². The minimum atomic E-state index is -1.33. The number of carbonyl (C=O) groups is 1. The summed E-state index contributed by atoms with van der Waals surface area (Å²) in [7, 11) is -1.33. The Labute approximate surface area is 121 Å². The summed E-state index contributed by atoms with van der Waals surface area (Å²) in [5.74, 6) is 4.93. The maximum atomic E-state index is 12.0. The third-order valence-corrected chi connectivity index (χ3v) is 3.99. The lowest BCUT2D eigenvalue weighted by Gasteiger charge is -1.99. The average Bonchev–Trinajstić information content (AvgIpc) is 2.47. The predicted octanol–water partition coefficient (Wildman–Crippen LogP) is 2.72. The minimum Gasteiger partial charge on any atom is -0.284 e. The monoisotopic (exact) mass is 282 g/mol. The first-order valence-corrected chi connectivity index (χ1v) is 7.52. The molecule has 3 heteroatoms. The normalized spacial score (nSPS) is 11.2. The third kappa shape index (κ3) is 4.18. The molecule has 0 fully saturated rings. The molecule has 0 aromatic heterocycles. The summed E-state index contributed by atoms with van der Waals surface area (Å²) >= 11 is 0. The highest BCUT2D eigenvalue weighted by atomic mass is 32.2. The molecule has 20 heavy (non-hydrogen) atoms. The Morgan fingerprint density at radius 3 is 2.35 bits per heavy atom. The number of carbonyl (C=O) groups excluding carboxylic acids is 1. The smallest absolute Gasteiger partial charge is 0.218 e. The number of hydrogen-bond donors (Lipinski definition) is 0. The molecular weight excluding hydrogens is 268 g/mol. The van der Waals surface area contributed by atoms with Crippen LogP contribution in [0.2, 0.25) is 0 Å². The van der Waals surface area contributed by atoms with Crippen LogP contribution in [0.1, 0.15) is 11.1 Å². The quantitative estimate of drug-likeness (QED) is 0.811. The van der Waals surface area contributed by atoms with Gasteiger partial charge >= 0.3 is 0 Å². The standard InChI is InChI=1S/C17H14O2S/c1-14-7-11-17(12-8-14)20(19)13-16(18)10-9-15-5-3-2-4-6-15/h2-8,11-12H,13H2,1H3/t20-/m1/s1. The van der Waals surface area contributed by atoms with Crippen molar-refractivity contribution in [1.29, 1.82) is 0 Å². The highest BCUT2D eigenvalue weighted by Crippen LogP contribution is 2.08. The Bertz CT molecular complexity index is 676. The molecule has 0 spiro atoms. The molecule has 0 radical (unpaired) electrons. The summed E-state index contributed by atoms with van der Waals surface area (Å²) in [6, 6.07) is 16.6. The first kappa shape index (κ1) is 14.2. The van der Waals surface area contributed by atoms with Crippen LogP contribution in [0.4, 0.5) is 0 Å². The van der Waals surface area contributed by atoms with Crippen LogP contribution in [-0.4, -0.2) is 15.7 Å². The summed E-state index contributed by atoms with van der Waals surface area (Å²) in [5, 5.41) is 0. The molecule has 0 bridgehead atoms. The molecule has 2 nitrogen and oxygen atoms in total. The van der Waals surface area contributed by atoms with Gasteiger partial charge < -0.3 is 0 Å². The molecular formula is C17H14O2S. The first-order valence-electron chi connectivity index (χ1n) is 6.20. The lowest BCUT2D eigenvalue weighted by atomic mass is 10.2. The van der Waals surface area contributed by atoms with Crippen molar-refractivity contribution in [3.8, 4) is 11.8 Å². The highest BCUT2D eigenvalue weighted by molar-refractivity contribution is 7.85. The maximum absolute atomic E-state index is 12.0. The maximum Gasteiger partial charge on any atom is 0.218 e. The van der Waals surface area contributed by atoms with E-state index in [9.17, 15) is 9.00 Å². The fraction of sp³-hybridized carbons (Fsp3) is 0.118. The minimum absolute atomic E-state index is 0.0666. The van der Waals surface area contributed by atoms with E-state index in [0.29, 0.717) is 4.90 Å². The first-order chi connectivity index (χ1) is 9.65. The second kappa shape index (κ2) is 6.83. The van der Waals surface area contributed by atoms with Gasteiger partial charge in [-0.15, -0.1) is 0 Å². The molecule has 0 aliphatic heterocycles. The second-order valence-corrected chi connectivity index (χ2v) is 5.79. The van der Waals surface area contributed by atoms with Gasteiger partial charge in [0.25, 0.3) is 0 Å². The highest BCUT2D eigenvalue weighted by Gasteiger charge is 2.07. The van der Waals surface area contributed by atoms with E-state index in [2.05, 4.69) is 11.8 Å². The Hall–Kier alpha value is -2.18. The molecule has 2 aromatic carbocycles. The van der Waals surface area contributed by atoms with Crippen molar-refractivity contribution < 1.29 is 9.00 Å². The van der Waals surface area contributed by atoms with Gasteiger partial charge in [0.1, 0.15) is 0 Å². The van der Waals surface area contributed by atoms with Gasteiger partial charge in [0.05, 0.1) is 16.6 Å². The molecule has 2 rings (SSSR count). The zero-order chi connectivity index (χ0) is 14.4. The van der Waals surface area contributed by atoms with Crippen LogP contribution in [0, 0.1) is 18.8 Å². The van der Waals surface area contributed by atoms with Crippen molar-refractivity contribution in [1.82, 2.24) is 0 Å². The summed E-state index contributed by atoms with van der Waals surface area (Å²) in [6.07, 6.45) is 0. The van der Waals surface area contributed by atoms with Gasteiger partial charge in [-0.2, -0.15) is 0 Å². The Morgan fingerprint density at radius 2 is 1.70 bits per heavy atom. The molecule has 100 valence electrons. The van der Waals surface area contributed by atoms with Gasteiger partial charge in [-0.05, 0) is 37.1 Å². The van der Waals surface area contributed by atoms with Crippen molar-refractivity contribution >= 4 is 16.6 Å². The van der Waals surface area contributed by atoms with Crippen molar-refractivity contribution in [2.75, 3.05) is 5.75 Å². The fourth-order valence-corrected chi connectivity index (χ4v) is 2.51. The molecule has 0 aliphatic rings. The molecule has 2 aromatic rings. The molecule has 0 saturated carbocycles. The summed E-state index contributed by atoms with van der Waals surface area (Å²) in [6.45, 7) is 1.96. The van der Waals surface area contributed by atoms with Crippen LogP contribution in [0.3, 0.4) is 0 Å². The number of aryl methyl sites for hydroxylation is 1.